The lowest BCUT2D eigenvalue weighted by Crippen LogP contribution is -2.25. The van der Waals surface area contributed by atoms with Crippen LogP contribution in [-0.4, -0.2) is 5.97 Å². The van der Waals surface area contributed by atoms with Gasteiger partial charge in [0.15, 0.2) is 11.6 Å². The van der Waals surface area contributed by atoms with Gasteiger partial charge >= 0.3 is 5.97 Å². The average Bonchev–Trinajstić information content (AvgIpc) is 2.54. The maximum absolute atomic E-state index is 13.7. The first-order valence-corrected chi connectivity index (χ1v) is 8.06. The molecule has 0 atom stereocenters. The smallest absolute Gasteiger partial charge is 0.314 e. The molecule has 0 amide bonds. The van der Waals surface area contributed by atoms with Crippen LogP contribution in [0.5, 0.6) is 5.75 Å². The Morgan fingerprint density at radius 3 is 2.52 bits per heavy atom. The van der Waals surface area contributed by atoms with Gasteiger partial charge in [0.25, 0.3) is 0 Å². The minimum Gasteiger partial charge on any atom is -0.426 e. The summed E-state index contributed by atoms with van der Waals surface area (Å²) in [6.45, 7) is 3.71. The quantitative estimate of drug-likeness (QED) is 0.565. The standard InChI is InChI=1S/C19H20F2O2/c1-11-6-8-13(9-7-11)19(22)23-17-5-3-4-14-12(2)18(21)16(20)10-15(14)17/h3-5,10-11,13H,6-9H2,1-2H3. The molecule has 1 fully saturated rings. The highest BCUT2D eigenvalue weighted by Gasteiger charge is 2.26. The van der Waals surface area contributed by atoms with Gasteiger partial charge in [0, 0.05) is 5.39 Å². The number of benzene rings is 2. The van der Waals surface area contributed by atoms with Crippen LogP contribution in [0.2, 0.25) is 0 Å². The summed E-state index contributed by atoms with van der Waals surface area (Å²) < 4.78 is 32.9. The average molecular weight is 318 g/mol. The van der Waals surface area contributed by atoms with Gasteiger partial charge < -0.3 is 4.74 Å². The van der Waals surface area contributed by atoms with Crippen molar-refractivity contribution in [2.45, 2.75) is 39.5 Å². The van der Waals surface area contributed by atoms with E-state index in [1.54, 1.807) is 18.2 Å². The summed E-state index contributed by atoms with van der Waals surface area (Å²) in [4.78, 5) is 12.4. The minimum absolute atomic E-state index is 0.104. The number of hydrogen-bond acceptors (Lipinski definition) is 2. The molecular weight excluding hydrogens is 298 g/mol. The van der Waals surface area contributed by atoms with Crippen LogP contribution >= 0.6 is 0 Å². The van der Waals surface area contributed by atoms with E-state index in [9.17, 15) is 13.6 Å². The molecule has 2 aromatic rings. The molecule has 1 aliphatic carbocycles. The number of hydrogen-bond donors (Lipinski definition) is 0. The van der Waals surface area contributed by atoms with Crippen LogP contribution in [-0.2, 0) is 4.79 Å². The topological polar surface area (TPSA) is 26.3 Å². The van der Waals surface area contributed by atoms with Gasteiger partial charge in [0.1, 0.15) is 5.75 Å². The Kier molecular flexibility index (Phi) is 4.33. The van der Waals surface area contributed by atoms with Crippen molar-refractivity contribution < 1.29 is 18.3 Å². The van der Waals surface area contributed by atoms with Gasteiger partial charge in [0.2, 0.25) is 0 Å². The van der Waals surface area contributed by atoms with Crippen LogP contribution in [0.4, 0.5) is 8.78 Å². The van der Waals surface area contributed by atoms with E-state index in [4.69, 9.17) is 4.74 Å². The number of halogens is 2. The predicted molar refractivity (Wildman–Crippen MR) is 85.4 cm³/mol. The fourth-order valence-corrected chi connectivity index (χ4v) is 3.28. The summed E-state index contributed by atoms with van der Waals surface area (Å²) in [5.74, 6) is -1.21. The van der Waals surface area contributed by atoms with Crippen LogP contribution in [0.15, 0.2) is 24.3 Å². The molecule has 0 heterocycles. The molecule has 0 bridgehead atoms. The molecule has 1 saturated carbocycles. The highest BCUT2D eigenvalue weighted by molar-refractivity contribution is 5.93. The zero-order valence-electron chi connectivity index (χ0n) is 13.4. The number of esters is 1. The van der Waals surface area contributed by atoms with E-state index in [0.29, 0.717) is 22.4 Å². The molecule has 0 saturated heterocycles. The molecule has 122 valence electrons. The lowest BCUT2D eigenvalue weighted by atomic mass is 9.83. The Hall–Kier alpha value is -1.97. The molecule has 2 aromatic carbocycles. The highest BCUT2D eigenvalue weighted by atomic mass is 19.2. The minimum atomic E-state index is -0.926. The Morgan fingerprint density at radius 1 is 1.13 bits per heavy atom. The zero-order valence-corrected chi connectivity index (χ0v) is 13.4. The molecular formula is C19H20F2O2. The summed E-state index contributed by atoms with van der Waals surface area (Å²) in [6, 6.07) is 6.12. The molecule has 1 aliphatic rings. The second-order valence-electron chi connectivity index (χ2n) is 6.53. The number of fused-ring (bicyclic) bond motifs is 1. The van der Waals surface area contributed by atoms with Crippen molar-refractivity contribution >= 4 is 16.7 Å². The number of ether oxygens (including phenoxy) is 1. The number of carbonyl (C=O) groups is 1. The van der Waals surface area contributed by atoms with Crippen LogP contribution in [0, 0.1) is 30.4 Å². The van der Waals surface area contributed by atoms with E-state index < -0.39 is 11.6 Å². The van der Waals surface area contributed by atoms with Crippen molar-refractivity contribution in [2.24, 2.45) is 11.8 Å². The molecule has 0 N–H and O–H groups in total. The Labute approximate surface area is 134 Å². The van der Waals surface area contributed by atoms with Crippen LogP contribution in [0.1, 0.15) is 38.2 Å². The molecule has 23 heavy (non-hydrogen) atoms. The number of carbonyl (C=O) groups excluding carboxylic acids is 1. The summed E-state index contributed by atoms with van der Waals surface area (Å²) in [7, 11) is 0. The maximum Gasteiger partial charge on any atom is 0.314 e. The van der Waals surface area contributed by atoms with E-state index in [1.807, 2.05) is 0 Å². The van der Waals surface area contributed by atoms with Gasteiger partial charge in [-0.05, 0) is 61.6 Å². The Balaban J connectivity index is 1.90. The maximum atomic E-state index is 13.7. The summed E-state index contributed by atoms with van der Waals surface area (Å²) in [5, 5.41) is 0.993. The van der Waals surface area contributed by atoms with E-state index in [1.165, 1.54) is 6.92 Å². The largest absolute Gasteiger partial charge is 0.426 e. The van der Waals surface area contributed by atoms with Gasteiger partial charge in [-0.25, -0.2) is 8.78 Å². The molecule has 4 heteroatoms. The summed E-state index contributed by atoms with van der Waals surface area (Å²) in [6.07, 6.45) is 3.70. The Bertz CT molecular complexity index is 747. The van der Waals surface area contributed by atoms with Crippen molar-refractivity contribution in [3.05, 3.63) is 41.5 Å². The first-order valence-electron chi connectivity index (χ1n) is 8.06. The van der Waals surface area contributed by atoms with Crippen molar-refractivity contribution in [1.82, 2.24) is 0 Å². The van der Waals surface area contributed by atoms with Gasteiger partial charge in [-0.3, -0.25) is 4.79 Å². The molecule has 3 rings (SSSR count). The second-order valence-corrected chi connectivity index (χ2v) is 6.53. The Morgan fingerprint density at radius 2 is 1.83 bits per heavy atom. The third-order valence-electron chi connectivity index (χ3n) is 4.84. The highest BCUT2D eigenvalue weighted by Crippen LogP contribution is 2.33. The fourth-order valence-electron chi connectivity index (χ4n) is 3.28. The SMILES string of the molecule is Cc1c(F)c(F)cc2c(OC(=O)C3CCC(C)CC3)cccc12. The lowest BCUT2D eigenvalue weighted by Gasteiger charge is -2.24. The normalized spacial score (nSPS) is 21.4. The molecule has 0 aliphatic heterocycles. The van der Waals surface area contributed by atoms with E-state index in [-0.39, 0.29) is 17.5 Å². The third-order valence-corrected chi connectivity index (χ3v) is 4.84. The number of rotatable bonds is 2. The van der Waals surface area contributed by atoms with Crippen molar-refractivity contribution in [3.8, 4) is 5.75 Å². The summed E-state index contributed by atoms with van der Waals surface area (Å²) in [5.41, 5.74) is 0.226. The second kappa shape index (κ2) is 6.26. The van der Waals surface area contributed by atoms with E-state index in [0.717, 1.165) is 31.7 Å². The first-order chi connectivity index (χ1) is 11.0. The molecule has 0 unspecified atom stereocenters. The van der Waals surface area contributed by atoms with E-state index in [2.05, 4.69) is 6.92 Å². The predicted octanol–water partition coefficient (Wildman–Crippen LogP) is 5.16. The van der Waals surface area contributed by atoms with Gasteiger partial charge in [-0.1, -0.05) is 19.1 Å². The van der Waals surface area contributed by atoms with Gasteiger partial charge in [-0.2, -0.15) is 0 Å². The van der Waals surface area contributed by atoms with Crippen LogP contribution < -0.4 is 4.74 Å². The third kappa shape index (κ3) is 3.07. The molecule has 0 radical (unpaired) electrons. The molecule has 2 nitrogen and oxygen atoms in total. The summed E-state index contributed by atoms with van der Waals surface area (Å²) >= 11 is 0. The zero-order chi connectivity index (χ0) is 16.6. The fraction of sp³-hybridized carbons (Fsp3) is 0.421. The molecule has 0 aromatic heterocycles. The van der Waals surface area contributed by atoms with Gasteiger partial charge in [-0.15, -0.1) is 0 Å². The molecule has 0 spiro atoms. The van der Waals surface area contributed by atoms with Gasteiger partial charge in [0.05, 0.1) is 5.92 Å². The lowest BCUT2D eigenvalue weighted by molar-refractivity contribution is -0.140. The first kappa shape index (κ1) is 15.9. The van der Waals surface area contributed by atoms with E-state index >= 15 is 0 Å². The van der Waals surface area contributed by atoms with Crippen LogP contribution in [0.3, 0.4) is 0 Å². The monoisotopic (exact) mass is 318 g/mol. The van der Waals surface area contributed by atoms with Crippen molar-refractivity contribution in [1.29, 1.82) is 0 Å². The van der Waals surface area contributed by atoms with Crippen LogP contribution in [0.25, 0.3) is 10.8 Å². The van der Waals surface area contributed by atoms with Crippen molar-refractivity contribution in [3.63, 3.8) is 0 Å². The van der Waals surface area contributed by atoms with Crippen molar-refractivity contribution in [2.75, 3.05) is 0 Å². The number of aryl methyl sites for hydroxylation is 1.